The molecule has 112 valence electrons. The van der Waals surface area contributed by atoms with Gasteiger partial charge in [0, 0.05) is 36.2 Å². The minimum atomic E-state index is -0.833. The van der Waals surface area contributed by atoms with E-state index in [-0.39, 0.29) is 18.4 Å². The number of hydrogen-bond donors (Lipinski definition) is 1. The van der Waals surface area contributed by atoms with Crippen molar-refractivity contribution in [2.45, 2.75) is 46.2 Å². The van der Waals surface area contributed by atoms with E-state index >= 15 is 0 Å². The summed E-state index contributed by atoms with van der Waals surface area (Å²) < 4.78 is 2.76. The SMILES string of the molecule is CCn1cc(Br)cc1C(=O)N(CCCC(=O)O)C(C)C. The molecule has 0 unspecified atom stereocenters. The number of carbonyl (C=O) groups excluding carboxylic acids is 1. The first kappa shape index (κ1) is 16.8. The smallest absolute Gasteiger partial charge is 0.303 e. The maximum atomic E-state index is 12.6. The molecule has 0 aliphatic heterocycles. The molecule has 0 radical (unpaired) electrons. The molecular weight excluding hydrogens is 324 g/mol. The van der Waals surface area contributed by atoms with E-state index in [1.807, 2.05) is 31.5 Å². The Bertz CT molecular complexity index is 483. The number of carbonyl (C=O) groups is 2. The van der Waals surface area contributed by atoms with Gasteiger partial charge in [-0.2, -0.15) is 0 Å². The summed E-state index contributed by atoms with van der Waals surface area (Å²) in [5.41, 5.74) is 0.628. The van der Waals surface area contributed by atoms with Crippen LogP contribution in [0.25, 0.3) is 0 Å². The number of rotatable bonds is 7. The van der Waals surface area contributed by atoms with E-state index in [1.54, 1.807) is 11.0 Å². The predicted octanol–water partition coefficient (Wildman–Crippen LogP) is 2.99. The molecule has 0 saturated carbocycles. The third-order valence-corrected chi connectivity index (χ3v) is 3.53. The number of carboxylic acids is 1. The molecule has 0 aliphatic carbocycles. The number of aryl methyl sites for hydroxylation is 1. The molecule has 0 atom stereocenters. The highest BCUT2D eigenvalue weighted by molar-refractivity contribution is 9.10. The van der Waals surface area contributed by atoms with Gasteiger partial charge in [0.25, 0.3) is 5.91 Å². The third kappa shape index (κ3) is 4.37. The van der Waals surface area contributed by atoms with Gasteiger partial charge in [-0.3, -0.25) is 9.59 Å². The lowest BCUT2D eigenvalue weighted by Gasteiger charge is -2.27. The monoisotopic (exact) mass is 344 g/mol. The van der Waals surface area contributed by atoms with Crippen LogP contribution in [-0.2, 0) is 11.3 Å². The average molecular weight is 345 g/mol. The van der Waals surface area contributed by atoms with E-state index in [9.17, 15) is 9.59 Å². The van der Waals surface area contributed by atoms with Crippen molar-refractivity contribution in [2.24, 2.45) is 0 Å². The lowest BCUT2D eigenvalue weighted by molar-refractivity contribution is -0.137. The second-order valence-electron chi connectivity index (χ2n) is 4.92. The fourth-order valence-electron chi connectivity index (χ4n) is 2.06. The standard InChI is InChI=1S/C14H21BrN2O3/c1-4-16-9-11(15)8-12(16)14(20)17(10(2)3)7-5-6-13(18)19/h8-10H,4-7H2,1-3H3,(H,18,19). The largest absolute Gasteiger partial charge is 0.481 e. The minimum Gasteiger partial charge on any atom is -0.481 e. The van der Waals surface area contributed by atoms with Gasteiger partial charge in [-0.15, -0.1) is 0 Å². The topological polar surface area (TPSA) is 62.5 Å². The van der Waals surface area contributed by atoms with Crippen molar-refractivity contribution in [1.82, 2.24) is 9.47 Å². The van der Waals surface area contributed by atoms with Gasteiger partial charge >= 0.3 is 5.97 Å². The van der Waals surface area contributed by atoms with E-state index < -0.39 is 5.97 Å². The number of aromatic nitrogens is 1. The highest BCUT2D eigenvalue weighted by Crippen LogP contribution is 2.18. The highest BCUT2D eigenvalue weighted by Gasteiger charge is 2.22. The molecule has 0 fully saturated rings. The molecule has 1 aromatic heterocycles. The zero-order chi connectivity index (χ0) is 15.3. The second-order valence-corrected chi connectivity index (χ2v) is 5.83. The number of halogens is 1. The van der Waals surface area contributed by atoms with Gasteiger partial charge in [-0.05, 0) is 49.2 Å². The molecule has 1 aromatic rings. The summed E-state index contributed by atoms with van der Waals surface area (Å²) in [4.78, 5) is 24.9. The number of aliphatic carboxylic acids is 1. The fraction of sp³-hybridized carbons (Fsp3) is 0.571. The fourth-order valence-corrected chi connectivity index (χ4v) is 2.52. The van der Waals surface area contributed by atoms with Crippen LogP contribution in [0.5, 0.6) is 0 Å². The van der Waals surface area contributed by atoms with Crippen molar-refractivity contribution in [3.63, 3.8) is 0 Å². The van der Waals surface area contributed by atoms with Crippen molar-refractivity contribution < 1.29 is 14.7 Å². The summed E-state index contributed by atoms with van der Waals surface area (Å²) in [6.07, 6.45) is 2.42. The minimum absolute atomic E-state index is 0.0373. The zero-order valence-electron chi connectivity index (χ0n) is 12.1. The van der Waals surface area contributed by atoms with Crippen LogP contribution in [0.3, 0.4) is 0 Å². The summed E-state index contributed by atoms with van der Waals surface area (Å²) in [6.45, 7) is 7.02. The molecular formula is C14H21BrN2O3. The van der Waals surface area contributed by atoms with Gasteiger partial charge in [0.2, 0.25) is 0 Å². The second kappa shape index (κ2) is 7.47. The van der Waals surface area contributed by atoms with Gasteiger partial charge < -0.3 is 14.6 Å². The maximum absolute atomic E-state index is 12.6. The molecule has 1 rings (SSSR count). The van der Waals surface area contributed by atoms with E-state index in [1.165, 1.54) is 0 Å². The Kier molecular flexibility index (Phi) is 6.26. The average Bonchev–Trinajstić information content (AvgIpc) is 2.74. The Morgan fingerprint density at radius 2 is 2.10 bits per heavy atom. The van der Waals surface area contributed by atoms with Gasteiger partial charge in [0.05, 0.1) is 0 Å². The van der Waals surface area contributed by atoms with Crippen LogP contribution in [0.2, 0.25) is 0 Å². The summed E-state index contributed by atoms with van der Waals surface area (Å²) in [6, 6.07) is 1.84. The van der Waals surface area contributed by atoms with Gasteiger partial charge in [0.1, 0.15) is 5.69 Å². The first-order chi connectivity index (χ1) is 9.36. The summed E-state index contributed by atoms with van der Waals surface area (Å²) in [5.74, 6) is -0.890. The molecule has 1 N–H and O–H groups in total. The van der Waals surface area contributed by atoms with Crippen molar-refractivity contribution in [1.29, 1.82) is 0 Å². The summed E-state index contributed by atoms with van der Waals surface area (Å²) in [7, 11) is 0. The number of amides is 1. The van der Waals surface area contributed by atoms with Crippen molar-refractivity contribution in [3.8, 4) is 0 Å². The third-order valence-electron chi connectivity index (χ3n) is 3.10. The van der Waals surface area contributed by atoms with Crippen LogP contribution in [0.15, 0.2) is 16.7 Å². The van der Waals surface area contributed by atoms with Gasteiger partial charge in [0.15, 0.2) is 0 Å². The molecule has 0 bridgehead atoms. The van der Waals surface area contributed by atoms with Crippen LogP contribution in [0, 0.1) is 0 Å². The molecule has 6 heteroatoms. The highest BCUT2D eigenvalue weighted by atomic mass is 79.9. The van der Waals surface area contributed by atoms with Gasteiger partial charge in [-0.25, -0.2) is 0 Å². The predicted molar refractivity (Wildman–Crippen MR) is 80.8 cm³/mol. The number of nitrogens with zero attached hydrogens (tertiary/aromatic N) is 2. The van der Waals surface area contributed by atoms with Crippen LogP contribution in [-0.4, -0.2) is 39.0 Å². The Balaban J connectivity index is 2.85. The zero-order valence-corrected chi connectivity index (χ0v) is 13.7. The molecule has 0 aliphatic rings. The number of carboxylic acid groups (broad SMARTS) is 1. The Morgan fingerprint density at radius 3 is 2.60 bits per heavy atom. The molecule has 1 amide bonds. The van der Waals surface area contributed by atoms with Crippen molar-refractivity contribution >= 4 is 27.8 Å². The molecule has 0 saturated heterocycles. The lowest BCUT2D eigenvalue weighted by Crippen LogP contribution is -2.38. The molecule has 1 heterocycles. The van der Waals surface area contributed by atoms with Gasteiger partial charge in [-0.1, -0.05) is 0 Å². The Morgan fingerprint density at radius 1 is 1.45 bits per heavy atom. The normalized spacial score (nSPS) is 10.8. The van der Waals surface area contributed by atoms with Crippen molar-refractivity contribution in [3.05, 3.63) is 22.4 Å². The van der Waals surface area contributed by atoms with Crippen LogP contribution >= 0.6 is 15.9 Å². The Hall–Kier alpha value is -1.30. The van der Waals surface area contributed by atoms with Crippen LogP contribution in [0.4, 0.5) is 0 Å². The maximum Gasteiger partial charge on any atom is 0.303 e. The lowest BCUT2D eigenvalue weighted by atomic mass is 10.2. The van der Waals surface area contributed by atoms with E-state index in [0.29, 0.717) is 25.2 Å². The first-order valence-electron chi connectivity index (χ1n) is 6.75. The molecule has 5 nitrogen and oxygen atoms in total. The van der Waals surface area contributed by atoms with Crippen molar-refractivity contribution in [2.75, 3.05) is 6.54 Å². The number of hydrogen-bond acceptors (Lipinski definition) is 2. The van der Waals surface area contributed by atoms with E-state index in [0.717, 1.165) is 4.47 Å². The van der Waals surface area contributed by atoms with Crippen LogP contribution < -0.4 is 0 Å². The Labute approximate surface area is 127 Å². The molecule has 20 heavy (non-hydrogen) atoms. The summed E-state index contributed by atoms with van der Waals surface area (Å²) in [5, 5.41) is 8.69. The van der Waals surface area contributed by atoms with E-state index in [2.05, 4.69) is 15.9 Å². The first-order valence-corrected chi connectivity index (χ1v) is 7.54. The quantitative estimate of drug-likeness (QED) is 0.826. The molecule has 0 spiro atoms. The molecule has 0 aromatic carbocycles. The van der Waals surface area contributed by atoms with Crippen LogP contribution in [0.1, 0.15) is 44.1 Å². The van der Waals surface area contributed by atoms with E-state index in [4.69, 9.17) is 5.11 Å². The summed E-state index contributed by atoms with van der Waals surface area (Å²) >= 11 is 3.38.